The second-order valence-corrected chi connectivity index (χ2v) is 37.1. The third-order valence-electron chi connectivity index (χ3n) is 30.7. The first-order chi connectivity index (χ1) is 67.5. The molecule has 6 aliphatic rings. The van der Waals surface area contributed by atoms with Crippen molar-refractivity contribution in [1.82, 2.24) is 66.6 Å². The van der Waals surface area contributed by atoms with Crippen LogP contribution in [0.25, 0.3) is 231 Å². The summed E-state index contributed by atoms with van der Waals surface area (Å²) >= 11 is 0. The third kappa shape index (κ3) is 10.2. The van der Waals surface area contributed by atoms with Crippen LogP contribution in [0.2, 0.25) is 0 Å². The van der Waals surface area contributed by atoms with Gasteiger partial charge in [-0.3, -0.25) is 37.5 Å². The van der Waals surface area contributed by atoms with E-state index >= 15 is 0 Å². The van der Waals surface area contributed by atoms with Crippen LogP contribution in [0.4, 0.5) is 0 Å². The van der Waals surface area contributed by atoms with E-state index in [0.29, 0.717) is 0 Å². The van der Waals surface area contributed by atoms with Gasteiger partial charge < -0.3 is 9.13 Å². The molecule has 0 saturated heterocycles. The molecule has 14 nitrogen and oxygen atoms in total. The zero-order valence-electron chi connectivity index (χ0n) is 73.3. The van der Waals surface area contributed by atoms with E-state index in [1.54, 1.807) is 0 Å². The lowest BCUT2D eigenvalue weighted by molar-refractivity contribution is 1.17. The maximum atomic E-state index is 4.83. The molecule has 632 valence electrons. The molecule has 6 aliphatic carbocycles. The zero-order valence-corrected chi connectivity index (χ0v) is 73.3. The molecule has 14 aromatic carbocycles. The number of para-hydroxylation sites is 4. The standard InChI is InChI=1S/2C33H20N4.2C28H17N3/c1-2-6-21(7-3-1)37-27-9-5-4-8-25(27)32-28(37)13-10-20-18-26-24(30(20)32)12-11-23-22-14-15-34-19-29(22)36-17-16-35-33(36)31(23)26;1-2-6-21(7-3-1)37-28-9-5-4-8-22(28)26-11-10-20-18-27-25(30(20)32(26)37)13-12-24-23-14-15-34-19-29(23)36-17-16-35-33(36)31(24)27;1-2-4-19-16(3-1)11-17-12-18-13-25-20(24(18)14-23(17)19)5-6-22-21-7-8-29-15-26(21)31-10-9-30-28(31)27(22)25;1-2-4-17-16(3-1)13-23-18(17)5-6-19-20-7-8-22-21-9-10-29-15-26(21)31-12-11-30-28(31)27(22)25(20)14-24(19)23/h2*1-17,19H,18H2;1-10,12,14-15H,11,13H2;1-12,15H,13-14H2. The van der Waals surface area contributed by atoms with Crippen LogP contribution in [0.3, 0.4) is 0 Å². The fourth-order valence-corrected chi connectivity index (χ4v) is 25.1. The van der Waals surface area contributed by atoms with Gasteiger partial charge in [0.1, 0.15) is 22.6 Å². The lowest BCUT2D eigenvalue weighted by Gasteiger charge is -2.13. The van der Waals surface area contributed by atoms with Crippen LogP contribution in [0, 0.1) is 0 Å². The van der Waals surface area contributed by atoms with Crippen LogP contribution in [0.1, 0.15) is 66.8 Å². The van der Waals surface area contributed by atoms with Crippen LogP contribution in [-0.2, 0) is 38.5 Å². The highest BCUT2D eigenvalue weighted by atomic mass is 15.0. The van der Waals surface area contributed by atoms with Gasteiger partial charge in [-0.25, -0.2) is 19.9 Å². The Morgan fingerprint density at radius 3 is 1.10 bits per heavy atom. The summed E-state index contributed by atoms with van der Waals surface area (Å²) in [5.41, 5.74) is 49.3. The molecule has 0 atom stereocenters. The van der Waals surface area contributed by atoms with E-state index in [-0.39, 0.29) is 0 Å². The molecule has 0 N–H and O–H groups in total. The first-order valence-electron chi connectivity index (χ1n) is 46.8. The van der Waals surface area contributed by atoms with Gasteiger partial charge in [0.2, 0.25) is 0 Å². The fraction of sp³-hybridized carbons (Fsp3) is 0.0492. The van der Waals surface area contributed by atoms with Crippen molar-refractivity contribution in [2.24, 2.45) is 0 Å². The van der Waals surface area contributed by atoms with Crippen LogP contribution in [0.5, 0.6) is 0 Å². The summed E-state index contributed by atoms with van der Waals surface area (Å²) in [4.78, 5) is 36.7. The van der Waals surface area contributed by atoms with E-state index in [1.807, 2.05) is 93.0 Å². The Labute approximate surface area is 775 Å². The SMILES string of the molecule is c1ccc(-n2c3ccccc3c3c4c(ccc32)Cc2c-4ccc3c4ccncc4n4ccnc4c23)cc1.c1ccc(-n2c3ccccc3c3ccc4c(c32)-c2ccc3c5ccncc5n5ccnc5c3c2C4)cc1.c1ccc2c(c1)Cc1c-2ccc2c1Cc1c-2ccc2c3ccncc3n3ccnc3c12.c1ccc2c(c1)Cc1cc3c(cc1-2)-c1ccc2c4ccncc4n4ccnc4c2c1C3. The summed E-state index contributed by atoms with van der Waals surface area (Å²) in [6.07, 6.45) is 36.9. The molecular weight excluding hydrogens is 1660 g/mol. The molecule has 0 amide bonds. The number of rotatable bonds is 2. The van der Waals surface area contributed by atoms with E-state index in [9.17, 15) is 0 Å². The molecule has 0 fully saturated rings. The second-order valence-electron chi connectivity index (χ2n) is 37.1. The highest BCUT2D eigenvalue weighted by Crippen LogP contribution is 2.55. The summed E-state index contributed by atoms with van der Waals surface area (Å²) in [5, 5.41) is 20.1. The molecule has 0 radical (unpaired) electrons. The lowest BCUT2D eigenvalue weighted by Crippen LogP contribution is -1.95. The first-order valence-corrected chi connectivity index (χ1v) is 46.8. The normalized spacial score (nSPS) is 13.1. The Morgan fingerprint density at radius 2 is 0.551 bits per heavy atom. The summed E-state index contributed by atoms with van der Waals surface area (Å²) in [6, 6.07) is 102. The van der Waals surface area contributed by atoms with Gasteiger partial charge in [-0.15, -0.1) is 0 Å². The smallest absolute Gasteiger partial charge is 0.145 e. The maximum Gasteiger partial charge on any atom is 0.145 e. The van der Waals surface area contributed by atoms with E-state index in [1.165, 1.54) is 253 Å². The topological polar surface area (TPSA) is 131 Å². The number of pyridine rings is 8. The van der Waals surface area contributed by atoms with E-state index in [4.69, 9.17) is 19.9 Å². The van der Waals surface area contributed by atoms with E-state index in [0.717, 1.165) is 83.2 Å². The zero-order chi connectivity index (χ0) is 88.4. The highest BCUT2D eigenvalue weighted by Gasteiger charge is 2.35. The van der Waals surface area contributed by atoms with Gasteiger partial charge in [0.25, 0.3) is 0 Å². The highest BCUT2D eigenvalue weighted by molar-refractivity contribution is 6.24. The Hall–Kier alpha value is -17.9. The Balaban J connectivity index is 0.0000000847. The van der Waals surface area contributed by atoms with Crippen LogP contribution in [0.15, 0.2) is 378 Å². The fourth-order valence-electron chi connectivity index (χ4n) is 25.1. The van der Waals surface area contributed by atoms with Crippen LogP contribution in [-0.4, -0.2) is 66.6 Å². The predicted molar refractivity (Wildman–Crippen MR) is 550 cm³/mol. The van der Waals surface area contributed by atoms with Crippen molar-refractivity contribution in [2.75, 3.05) is 0 Å². The maximum absolute atomic E-state index is 4.83. The number of benzene rings is 14. The van der Waals surface area contributed by atoms with Crippen molar-refractivity contribution in [1.29, 1.82) is 0 Å². The largest absolute Gasteiger partial charge is 0.309 e. The van der Waals surface area contributed by atoms with Crippen LogP contribution < -0.4 is 0 Å². The van der Waals surface area contributed by atoms with Crippen molar-refractivity contribution in [2.45, 2.75) is 38.5 Å². The summed E-state index contributed by atoms with van der Waals surface area (Å²) in [5.74, 6) is 0. The molecule has 14 heteroatoms. The van der Waals surface area contributed by atoms with Crippen molar-refractivity contribution in [3.8, 4) is 78.1 Å². The van der Waals surface area contributed by atoms with Gasteiger partial charge >= 0.3 is 0 Å². The number of nitrogens with zero attached hydrogens (tertiary/aromatic N) is 14. The number of imidazole rings is 4. The molecule has 0 bridgehead atoms. The minimum atomic E-state index is 0.896. The van der Waals surface area contributed by atoms with Gasteiger partial charge in [-0.1, -0.05) is 206 Å². The van der Waals surface area contributed by atoms with Crippen molar-refractivity contribution < 1.29 is 0 Å². The average Bonchev–Trinajstić information content (AvgIpc) is 1.54. The number of hydrogen-bond acceptors (Lipinski definition) is 8. The van der Waals surface area contributed by atoms with Crippen molar-refractivity contribution >= 4 is 153 Å². The average molecular weight is 1740 g/mol. The number of hydrogen-bond donors (Lipinski definition) is 0. The van der Waals surface area contributed by atoms with Gasteiger partial charge in [0, 0.05) is 156 Å². The van der Waals surface area contributed by atoms with Crippen molar-refractivity contribution in [3.05, 3.63) is 445 Å². The first kappa shape index (κ1) is 73.9. The van der Waals surface area contributed by atoms with Gasteiger partial charge in [0.15, 0.2) is 0 Å². The minimum absolute atomic E-state index is 0.896. The minimum Gasteiger partial charge on any atom is -0.309 e. The molecule has 136 heavy (non-hydrogen) atoms. The quantitative estimate of drug-likeness (QED) is 0.156. The van der Waals surface area contributed by atoms with E-state index < -0.39 is 0 Å². The molecular formula is C122H74N14. The molecule has 14 heterocycles. The monoisotopic (exact) mass is 1730 g/mol. The molecule has 0 unspecified atom stereocenters. The molecule has 28 aromatic rings. The van der Waals surface area contributed by atoms with E-state index in [2.05, 4.69) is 332 Å². The van der Waals surface area contributed by atoms with Gasteiger partial charge in [-0.2, -0.15) is 0 Å². The summed E-state index contributed by atoms with van der Waals surface area (Å²) < 4.78 is 13.6. The lowest BCUT2D eigenvalue weighted by atomic mass is 9.96. The number of aromatic nitrogens is 14. The Kier molecular flexibility index (Phi) is 15.1. The number of fused-ring (bicyclic) bond motifs is 55. The van der Waals surface area contributed by atoms with Gasteiger partial charge in [-0.05, 0) is 261 Å². The Morgan fingerprint density at radius 1 is 0.191 bits per heavy atom. The second kappa shape index (κ2) is 27.9. The molecule has 34 rings (SSSR count). The molecule has 0 saturated carbocycles. The molecule has 0 spiro atoms. The van der Waals surface area contributed by atoms with Crippen molar-refractivity contribution in [3.63, 3.8) is 0 Å². The predicted octanol–water partition coefficient (Wildman–Crippen LogP) is 27.8. The third-order valence-corrected chi connectivity index (χ3v) is 30.7. The molecule has 14 aromatic heterocycles. The Bertz CT molecular complexity index is 10200. The summed E-state index contributed by atoms with van der Waals surface area (Å²) in [6.45, 7) is 0. The molecule has 0 aliphatic heterocycles. The van der Waals surface area contributed by atoms with Gasteiger partial charge in [0.05, 0.1) is 68.9 Å². The van der Waals surface area contributed by atoms with Crippen LogP contribution >= 0.6 is 0 Å². The summed E-state index contributed by atoms with van der Waals surface area (Å²) in [7, 11) is 0.